The number of ether oxygens (including phenoxy) is 1. The SMILES string of the molecule is O=C([C@H]1C[C@@H](O)CN1)N1CCN(CCOc2ccccc2)CC1. The standard InChI is InChI=1S/C17H25N3O3/c21-14-12-16(18-13-14)17(22)20-8-6-19(7-9-20)10-11-23-15-4-2-1-3-5-15/h1-5,14,16,18,21H,6-13H2/t14-,16-/m1/s1. The quantitative estimate of drug-likeness (QED) is 0.796. The lowest BCUT2D eigenvalue weighted by Gasteiger charge is -2.35. The summed E-state index contributed by atoms with van der Waals surface area (Å²) >= 11 is 0. The van der Waals surface area contributed by atoms with Gasteiger partial charge in [0.2, 0.25) is 5.91 Å². The molecule has 23 heavy (non-hydrogen) atoms. The van der Waals surface area contributed by atoms with Gasteiger partial charge in [0.15, 0.2) is 0 Å². The number of amides is 1. The zero-order valence-corrected chi connectivity index (χ0v) is 13.4. The monoisotopic (exact) mass is 319 g/mol. The number of piperazine rings is 1. The van der Waals surface area contributed by atoms with Crippen molar-refractivity contribution in [2.24, 2.45) is 0 Å². The zero-order valence-electron chi connectivity index (χ0n) is 13.4. The summed E-state index contributed by atoms with van der Waals surface area (Å²) in [4.78, 5) is 16.6. The van der Waals surface area contributed by atoms with Crippen LogP contribution in [0.15, 0.2) is 30.3 Å². The first kappa shape index (κ1) is 16.2. The van der Waals surface area contributed by atoms with E-state index in [1.165, 1.54) is 0 Å². The summed E-state index contributed by atoms with van der Waals surface area (Å²) in [6.07, 6.45) is 0.143. The third kappa shape index (κ3) is 4.43. The van der Waals surface area contributed by atoms with Crippen molar-refractivity contribution in [3.63, 3.8) is 0 Å². The molecule has 0 bridgehead atoms. The van der Waals surface area contributed by atoms with E-state index in [1.807, 2.05) is 35.2 Å². The van der Waals surface area contributed by atoms with Gasteiger partial charge in [-0.3, -0.25) is 9.69 Å². The second-order valence-electron chi connectivity index (χ2n) is 6.18. The van der Waals surface area contributed by atoms with E-state index >= 15 is 0 Å². The molecule has 0 saturated carbocycles. The highest BCUT2D eigenvalue weighted by molar-refractivity contribution is 5.82. The molecule has 0 unspecified atom stereocenters. The lowest BCUT2D eigenvalue weighted by Crippen LogP contribution is -2.53. The number of carbonyl (C=O) groups is 1. The molecule has 126 valence electrons. The highest BCUT2D eigenvalue weighted by Crippen LogP contribution is 2.12. The molecule has 3 rings (SSSR count). The van der Waals surface area contributed by atoms with Crippen LogP contribution in [0.4, 0.5) is 0 Å². The van der Waals surface area contributed by atoms with E-state index in [0.717, 1.165) is 38.5 Å². The van der Waals surface area contributed by atoms with Crippen molar-refractivity contribution in [1.82, 2.24) is 15.1 Å². The second kappa shape index (κ2) is 7.77. The van der Waals surface area contributed by atoms with Gasteiger partial charge in [0.1, 0.15) is 12.4 Å². The van der Waals surface area contributed by atoms with E-state index in [9.17, 15) is 9.90 Å². The number of aliphatic hydroxyl groups excluding tert-OH is 1. The van der Waals surface area contributed by atoms with E-state index in [1.54, 1.807) is 0 Å². The third-order valence-corrected chi connectivity index (χ3v) is 4.51. The first-order chi connectivity index (χ1) is 11.2. The Morgan fingerprint density at radius 2 is 1.96 bits per heavy atom. The highest BCUT2D eigenvalue weighted by atomic mass is 16.5. The van der Waals surface area contributed by atoms with Gasteiger partial charge < -0.3 is 20.1 Å². The first-order valence-electron chi connectivity index (χ1n) is 8.33. The van der Waals surface area contributed by atoms with Gasteiger partial charge in [0.25, 0.3) is 0 Å². The Morgan fingerprint density at radius 1 is 1.22 bits per heavy atom. The fourth-order valence-corrected chi connectivity index (χ4v) is 3.13. The lowest BCUT2D eigenvalue weighted by molar-refractivity contribution is -0.135. The van der Waals surface area contributed by atoms with Crippen molar-refractivity contribution >= 4 is 5.91 Å². The van der Waals surface area contributed by atoms with E-state index in [2.05, 4.69) is 10.2 Å². The maximum Gasteiger partial charge on any atom is 0.239 e. The maximum atomic E-state index is 12.4. The summed E-state index contributed by atoms with van der Waals surface area (Å²) in [5.41, 5.74) is 0. The smallest absolute Gasteiger partial charge is 0.239 e. The summed E-state index contributed by atoms with van der Waals surface area (Å²) < 4.78 is 5.72. The normalized spacial score (nSPS) is 25.5. The molecule has 0 radical (unpaired) electrons. The van der Waals surface area contributed by atoms with E-state index < -0.39 is 0 Å². The predicted molar refractivity (Wildman–Crippen MR) is 87.4 cm³/mol. The van der Waals surface area contributed by atoms with Crippen molar-refractivity contribution in [1.29, 1.82) is 0 Å². The van der Waals surface area contributed by atoms with Crippen LogP contribution in [0, 0.1) is 0 Å². The van der Waals surface area contributed by atoms with Crippen molar-refractivity contribution in [2.75, 3.05) is 45.9 Å². The van der Waals surface area contributed by atoms with Gasteiger partial charge in [-0.15, -0.1) is 0 Å². The Morgan fingerprint density at radius 3 is 2.61 bits per heavy atom. The summed E-state index contributed by atoms with van der Waals surface area (Å²) in [6, 6.07) is 9.61. The Kier molecular flexibility index (Phi) is 5.48. The number of nitrogens with zero attached hydrogens (tertiary/aromatic N) is 2. The van der Waals surface area contributed by atoms with Gasteiger partial charge in [0.05, 0.1) is 12.1 Å². The minimum atomic E-state index is -0.389. The van der Waals surface area contributed by atoms with E-state index in [4.69, 9.17) is 4.74 Å². The number of hydrogen-bond donors (Lipinski definition) is 2. The molecule has 1 amide bonds. The average molecular weight is 319 g/mol. The van der Waals surface area contributed by atoms with Crippen molar-refractivity contribution in [3.05, 3.63) is 30.3 Å². The van der Waals surface area contributed by atoms with Gasteiger partial charge in [-0.1, -0.05) is 18.2 Å². The molecular weight excluding hydrogens is 294 g/mol. The molecule has 1 aromatic carbocycles. The molecule has 2 fully saturated rings. The molecule has 2 heterocycles. The topological polar surface area (TPSA) is 65.0 Å². The first-order valence-corrected chi connectivity index (χ1v) is 8.33. The maximum absolute atomic E-state index is 12.4. The molecule has 2 aliphatic heterocycles. The van der Waals surface area contributed by atoms with Crippen LogP contribution in [0.3, 0.4) is 0 Å². The van der Waals surface area contributed by atoms with Crippen LogP contribution in [-0.4, -0.2) is 78.8 Å². The number of para-hydroxylation sites is 1. The van der Waals surface area contributed by atoms with Crippen LogP contribution < -0.4 is 10.1 Å². The van der Waals surface area contributed by atoms with Crippen LogP contribution in [0.2, 0.25) is 0 Å². The number of rotatable bonds is 5. The number of hydrogen-bond acceptors (Lipinski definition) is 5. The number of benzene rings is 1. The molecule has 0 aromatic heterocycles. The molecule has 0 spiro atoms. The van der Waals surface area contributed by atoms with Crippen molar-refractivity contribution in [2.45, 2.75) is 18.6 Å². The van der Waals surface area contributed by atoms with Gasteiger partial charge >= 0.3 is 0 Å². The number of β-amino-alcohol motifs (C(OH)–C–C–N with tert-alkyl or cyclic N) is 1. The van der Waals surface area contributed by atoms with Crippen LogP contribution in [0.5, 0.6) is 5.75 Å². The molecule has 2 aliphatic rings. The summed E-state index contributed by atoms with van der Waals surface area (Å²) in [6.45, 7) is 5.30. The summed E-state index contributed by atoms with van der Waals surface area (Å²) in [5.74, 6) is 1.02. The lowest BCUT2D eigenvalue weighted by atomic mass is 10.1. The zero-order chi connectivity index (χ0) is 16.1. The third-order valence-electron chi connectivity index (χ3n) is 4.51. The van der Waals surface area contributed by atoms with Crippen molar-refractivity contribution < 1.29 is 14.6 Å². The van der Waals surface area contributed by atoms with E-state index in [0.29, 0.717) is 19.6 Å². The Balaban J connectivity index is 1.36. The Bertz CT molecular complexity index is 503. The van der Waals surface area contributed by atoms with Gasteiger partial charge in [-0.25, -0.2) is 0 Å². The van der Waals surface area contributed by atoms with Crippen LogP contribution in [0.25, 0.3) is 0 Å². The minimum Gasteiger partial charge on any atom is -0.492 e. The van der Waals surface area contributed by atoms with Crippen LogP contribution >= 0.6 is 0 Å². The number of carbonyl (C=O) groups excluding carboxylic acids is 1. The molecule has 6 nitrogen and oxygen atoms in total. The van der Waals surface area contributed by atoms with Gasteiger partial charge in [0, 0.05) is 39.3 Å². The molecule has 6 heteroatoms. The second-order valence-corrected chi connectivity index (χ2v) is 6.18. The van der Waals surface area contributed by atoms with Crippen LogP contribution in [-0.2, 0) is 4.79 Å². The average Bonchev–Trinajstić information content (AvgIpc) is 3.02. The number of aliphatic hydroxyl groups is 1. The summed E-state index contributed by atoms with van der Waals surface area (Å²) in [7, 11) is 0. The van der Waals surface area contributed by atoms with Crippen molar-refractivity contribution in [3.8, 4) is 5.75 Å². The molecule has 0 aliphatic carbocycles. The van der Waals surface area contributed by atoms with Gasteiger partial charge in [-0.2, -0.15) is 0 Å². The fourth-order valence-electron chi connectivity index (χ4n) is 3.13. The molecule has 2 N–H and O–H groups in total. The summed E-state index contributed by atoms with van der Waals surface area (Å²) in [5, 5.41) is 12.6. The predicted octanol–water partition coefficient (Wildman–Crippen LogP) is -0.0676. The minimum absolute atomic E-state index is 0.127. The Labute approximate surface area is 137 Å². The highest BCUT2D eigenvalue weighted by Gasteiger charge is 2.32. The molecule has 2 atom stereocenters. The van der Waals surface area contributed by atoms with Gasteiger partial charge in [-0.05, 0) is 18.6 Å². The molecule has 2 saturated heterocycles. The Hall–Kier alpha value is -1.63. The largest absolute Gasteiger partial charge is 0.492 e. The molecule has 1 aromatic rings. The van der Waals surface area contributed by atoms with E-state index in [-0.39, 0.29) is 18.1 Å². The fraction of sp³-hybridized carbons (Fsp3) is 0.588. The van der Waals surface area contributed by atoms with Crippen LogP contribution in [0.1, 0.15) is 6.42 Å². The molecular formula is C17H25N3O3. The number of nitrogens with one attached hydrogen (secondary N) is 1.